The molecule has 2 rings (SSSR count). The number of nitrogens with zero attached hydrogens (tertiary/aromatic N) is 2. The van der Waals surface area contributed by atoms with E-state index in [2.05, 4.69) is 10.2 Å². The van der Waals surface area contributed by atoms with Crippen molar-refractivity contribution in [2.45, 2.75) is 4.90 Å². The Morgan fingerprint density at radius 1 is 1.00 bits per heavy atom. The van der Waals surface area contributed by atoms with Crippen molar-refractivity contribution in [1.82, 2.24) is 0 Å². The van der Waals surface area contributed by atoms with Gasteiger partial charge in [0.15, 0.2) is 5.69 Å². The minimum Gasteiger partial charge on any atom is -0.871 e. The predicted molar refractivity (Wildman–Crippen MR) is 69.7 cm³/mol. The second kappa shape index (κ2) is 7.07. The Kier molecular flexibility index (Phi) is 5.92. The van der Waals surface area contributed by atoms with E-state index in [4.69, 9.17) is 4.55 Å². The Morgan fingerprint density at radius 3 is 2.14 bits per heavy atom. The van der Waals surface area contributed by atoms with Crippen LogP contribution < -0.4 is 34.7 Å². The fourth-order valence-electron chi connectivity index (χ4n) is 1.46. The third kappa shape index (κ3) is 4.18. The molecule has 0 bridgehead atoms. The van der Waals surface area contributed by atoms with E-state index in [1.54, 1.807) is 0 Å². The van der Waals surface area contributed by atoms with Gasteiger partial charge >= 0.3 is 29.6 Å². The molecule has 8 nitrogen and oxygen atoms in total. The summed E-state index contributed by atoms with van der Waals surface area (Å²) in [5, 5.41) is 37.5. The molecule has 0 saturated heterocycles. The number of hydrogen-bond acceptors (Lipinski definition) is 7. The number of rotatable bonds is 3. The number of phenolic OH excluding ortho intramolecular Hbond substituents is 2. The summed E-state index contributed by atoms with van der Waals surface area (Å²) in [6, 6.07) is 6.54. The van der Waals surface area contributed by atoms with Crippen LogP contribution in [-0.2, 0) is 10.1 Å². The molecule has 2 aromatic rings. The smallest absolute Gasteiger partial charge is 0.871 e. The van der Waals surface area contributed by atoms with Crippen molar-refractivity contribution in [2.24, 2.45) is 10.2 Å². The van der Waals surface area contributed by atoms with Crippen LogP contribution in [0.15, 0.2) is 51.5 Å². The van der Waals surface area contributed by atoms with Crippen LogP contribution >= 0.6 is 0 Å². The molecule has 0 aliphatic rings. The number of azo groups is 1. The predicted octanol–water partition coefficient (Wildman–Crippen LogP) is -1.16. The molecular formula is C12H9N2NaO6S. The summed E-state index contributed by atoms with van der Waals surface area (Å²) in [6.07, 6.45) is 0. The number of aromatic hydroxyl groups is 2. The molecular weight excluding hydrogens is 323 g/mol. The van der Waals surface area contributed by atoms with E-state index in [0.29, 0.717) is 0 Å². The van der Waals surface area contributed by atoms with Crippen molar-refractivity contribution in [3.8, 4) is 17.2 Å². The molecule has 0 aromatic heterocycles. The standard InChI is InChI=1S/C12H10N2O6S.Na/c15-9-5-4-7(21(18,19)20)6-8(9)13-14-12-10(16)2-1-3-11(12)17;/h1-6,15-17H,(H,18,19,20);/q;+1/p-1. The fourth-order valence-corrected chi connectivity index (χ4v) is 1.96. The van der Waals surface area contributed by atoms with Crippen LogP contribution in [0.4, 0.5) is 11.4 Å². The molecule has 0 aliphatic heterocycles. The monoisotopic (exact) mass is 332 g/mol. The molecule has 0 radical (unpaired) electrons. The van der Waals surface area contributed by atoms with Crippen molar-refractivity contribution < 1.29 is 57.8 Å². The zero-order chi connectivity index (χ0) is 15.6. The van der Waals surface area contributed by atoms with Gasteiger partial charge in [-0.2, -0.15) is 13.5 Å². The third-order valence-corrected chi connectivity index (χ3v) is 3.33. The first-order chi connectivity index (χ1) is 9.79. The first kappa shape index (κ1) is 18.4. The minimum atomic E-state index is -4.48. The molecule has 0 spiro atoms. The normalized spacial score (nSPS) is 11.3. The fraction of sp³-hybridized carbons (Fsp3) is 0. The van der Waals surface area contributed by atoms with E-state index < -0.39 is 20.8 Å². The molecule has 0 aliphatic carbocycles. The SMILES string of the molecule is O=S(=O)(O)c1ccc([O-])c(N=Nc2c(O)cccc2O)c1.[Na+]. The van der Waals surface area contributed by atoms with Crippen molar-refractivity contribution in [2.75, 3.05) is 0 Å². The van der Waals surface area contributed by atoms with E-state index >= 15 is 0 Å². The van der Waals surface area contributed by atoms with Gasteiger partial charge in [0.2, 0.25) is 0 Å². The zero-order valence-electron chi connectivity index (χ0n) is 11.3. The average Bonchev–Trinajstić information content (AvgIpc) is 2.38. The van der Waals surface area contributed by atoms with Crippen LogP contribution in [-0.4, -0.2) is 23.2 Å². The van der Waals surface area contributed by atoms with Crippen LogP contribution in [0.3, 0.4) is 0 Å². The summed E-state index contributed by atoms with van der Waals surface area (Å²) >= 11 is 0. The Balaban J connectivity index is 0.00000242. The molecule has 0 heterocycles. The maximum absolute atomic E-state index is 11.5. The molecule has 0 saturated carbocycles. The van der Waals surface area contributed by atoms with Gasteiger partial charge < -0.3 is 15.3 Å². The molecule has 0 atom stereocenters. The summed E-state index contributed by atoms with van der Waals surface area (Å²) in [5.41, 5.74) is -0.637. The first-order valence-corrected chi connectivity index (χ1v) is 6.94. The van der Waals surface area contributed by atoms with Gasteiger partial charge in [0.1, 0.15) is 11.5 Å². The maximum atomic E-state index is 11.5. The molecule has 0 fully saturated rings. The minimum absolute atomic E-state index is 0. The van der Waals surface area contributed by atoms with E-state index in [-0.39, 0.29) is 52.4 Å². The second-order valence-corrected chi connectivity index (χ2v) is 5.37. The largest absolute Gasteiger partial charge is 1.00 e. The van der Waals surface area contributed by atoms with Crippen molar-refractivity contribution >= 4 is 21.5 Å². The molecule has 22 heavy (non-hydrogen) atoms. The number of benzene rings is 2. The van der Waals surface area contributed by atoms with Gasteiger partial charge in [-0.05, 0) is 24.3 Å². The quantitative estimate of drug-likeness (QED) is 0.367. The van der Waals surface area contributed by atoms with Crippen molar-refractivity contribution in [1.29, 1.82) is 0 Å². The van der Waals surface area contributed by atoms with E-state index in [1.807, 2.05) is 0 Å². The van der Waals surface area contributed by atoms with Gasteiger partial charge in [0.05, 0.1) is 10.6 Å². The van der Waals surface area contributed by atoms with Gasteiger partial charge in [-0.15, -0.1) is 5.11 Å². The average molecular weight is 332 g/mol. The van der Waals surface area contributed by atoms with Gasteiger partial charge in [-0.1, -0.05) is 17.9 Å². The van der Waals surface area contributed by atoms with Gasteiger partial charge in [0, 0.05) is 0 Å². The van der Waals surface area contributed by atoms with Crippen molar-refractivity contribution in [3.63, 3.8) is 0 Å². The maximum Gasteiger partial charge on any atom is 1.00 e. The summed E-state index contributed by atoms with van der Waals surface area (Å²) in [6.45, 7) is 0. The zero-order valence-corrected chi connectivity index (χ0v) is 14.1. The number of hydrogen-bond donors (Lipinski definition) is 3. The number of phenols is 2. The van der Waals surface area contributed by atoms with Crippen molar-refractivity contribution in [3.05, 3.63) is 36.4 Å². The van der Waals surface area contributed by atoms with Crippen LogP contribution in [0.5, 0.6) is 17.2 Å². The molecule has 2 aromatic carbocycles. The first-order valence-electron chi connectivity index (χ1n) is 5.50. The van der Waals surface area contributed by atoms with E-state index in [9.17, 15) is 23.7 Å². The Bertz CT molecular complexity index is 802. The Hall–Kier alpha value is -1.65. The molecule has 3 N–H and O–H groups in total. The Morgan fingerprint density at radius 2 is 1.59 bits per heavy atom. The van der Waals surface area contributed by atoms with Gasteiger partial charge in [-0.3, -0.25) is 4.55 Å². The summed E-state index contributed by atoms with van der Waals surface area (Å²) < 4.78 is 30.9. The topological polar surface area (TPSA) is 143 Å². The molecule has 110 valence electrons. The second-order valence-electron chi connectivity index (χ2n) is 3.95. The summed E-state index contributed by atoms with van der Waals surface area (Å²) in [5.74, 6) is -1.37. The van der Waals surface area contributed by atoms with Crippen LogP contribution in [0.2, 0.25) is 0 Å². The third-order valence-electron chi connectivity index (χ3n) is 2.48. The van der Waals surface area contributed by atoms with Gasteiger partial charge in [-0.25, -0.2) is 0 Å². The molecule has 0 unspecified atom stereocenters. The summed E-state index contributed by atoms with van der Waals surface area (Å²) in [4.78, 5) is -0.516. The van der Waals surface area contributed by atoms with Gasteiger partial charge in [0.25, 0.3) is 10.1 Å². The van der Waals surface area contributed by atoms with Crippen LogP contribution in [0, 0.1) is 0 Å². The molecule has 10 heteroatoms. The van der Waals surface area contributed by atoms with Crippen LogP contribution in [0.1, 0.15) is 0 Å². The Labute approximate surface area is 147 Å². The van der Waals surface area contributed by atoms with Crippen LogP contribution in [0.25, 0.3) is 0 Å². The summed E-state index contributed by atoms with van der Waals surface area (Å²) in [7, 11) is -4.48. The molecule has 0 amide bonds. The van der Waals surface area contributed by atoms with E-state index in [0.717, 1.165) is 18.2 Å². The van der Waals surface area contributed by atoms with E-state index in [1.165, 1.54) is 18.2 Å².